The van der Waals surface area contributed by atoms with Crippen LogP contribution in [0.5, 0.6) is 11.5 Å². The number of halogens is 1. The van der Waals surface area contributed by atoms with E-state index in [1.54, 1.807) is 23.3 Å². The van der Waals surface area contributed by atoms with Gasteiger partial charge in [-0.25, -0.2) is 9.37 Å². The highest BCUT2D eigenvalue weighted by Gasteiger charge is 2.24. The Morgan fingerprint density at radius 2 is 1.91 bits per heavy atom. The Morgan fingerprint density at radius 1 is 1.11 bits per heavy atom. The molecule has 6 nitrogen and oxygen atoms in total. The van der Waals surface area contributed by atoms with Gasteiger partial charge in [0.2, 0.25) is 5.91 Å². The number of aromatic nitrogens is 1. The van der Waals surface area contributed by atoms with Crippen molar-refractivity contribution in [3.05, 3.63) is 77.6 Å². The maximum atomic E-state index is 13.1. The van der Waals surface area contributed by atoms with Gasteiger partial charge in [-0.05, 0) is 48.5 Å². The molecule has 0 bridgehead atoms. The zero-order valence-electron chi connectivity index (χ0n) is 19.1. The summed E-state index contributed by atoms with van der Waals surface area (Å²) in [5.74, 6) is 0.486. The molecule has 0 spiro atoms. The van der Waals surface area contributed by atoms with Gasteiger partial charge in [-0.3, -0.25) is 9.59 Å². The first-order valence-electron chi connectivity index (χ1n) is 11.3. The van der Waals surface area contributed by atoms with Crippen molar-refractivity contribution in [2.24, 2.45) is 0 Å². The third-order valence-corrected chi connectivity index (χ3v) is 7.03. The second-order valence-corrected chi connectivity index (χ2v) is 9.28. The number of methoxy groups -OCH3 is 1. The van der Waals surface area contributed by atoms with Crippen LogP contribution in [0.2, 0.25) is 0 Å². The van der Waals surface area contributed by atoms with E-state index >= 15 is 0 Å². The van der Waals surface area contributed by atoms with Crippen LogP contribution in [0.15, 0.2) is 60.7 Å². The Hall–Kier alpha value is -3.78. The van der Waals surface area contributed by atoms with Gasteiger partial charge >= 0.3 is 0 Å². The van der Waals surface area contributed by atoms with Crippen LogP contribution >= 0.6 is 11.3 Å². The SMILES string of the molecule is COc1cc(-c2nc3ccccc3s2)cc2c1OCCN(C(=O)CCC(=O)c1ccc(F)cc1)C2. The van der Waals surface area contributed by atoms with Gasteiger partial charge in [0.05, 0.1) is 23.9 Å². The van der Waals surface area contributed by atoms with E-state index in [0.29, 0.717) is 36.8 Å². The number of Topliss-reactive ketones (excluding diaryl/α,β-unsaturated/α-hetero) is 1. The third-order valence-electron chi connectivity index (χ3n) is 5.95. The van der Waals surface area contributed by atoms with E-state index in [2.05, 4.69) is 0 Å². The van der Waals surface area contributed by atoms with Gasteiger partial charge < -0.3 is 14.4 Å². The van der Waals surface area contributed by atoms with Crippen LogP contribution in [0.1, 0.15) is 28.8 Å². The van der Waals surface area contributed by atoms with Crippen LogP contribution in [-0.2, 0) is 11.3 Å². The van der Waals surface area contributed by atoms with Crippen LogP contribution in [-0.4, -0.2) is 41.8 Å². The van der Waals surface area contributed by atoms with Gasteiger partial charge in [0, 0.05) is 36.1 Å². The summed E-state index contributed by atoms with van der Waals surface area (Å²) in [6, 6.07) is 17.2. The Morgan fingerprint density at radius 3 is 2.69 bits per heavy atom. The maximum Gasteiger partial charge on any atom is 0.223 e. The lowest BCUT2D eigenvalue weighted by atomic mass is 10.1. The molecule has 1 aromatic heterocycles. The molecule has 0 atom stereocenters. The molecule has 0 radical (unpaired) electrons. The first kappa shape index (κ1) is 23.0. The van der Waals surface area contributed by atoms with Gasteiger partial charge in [-0.15, -0.1) is 11.3 Å². The third kappa shape index (κ3) is 4.88. The lowest BCUT2D eigenvalue weighted by Crippen LogP contribution is -2.32. The first-order chi connectivity index (χ1) is 17.0. The minimum atomic E-state index is -0.401. The highest BCUT2D eigenvalue weighted by molar-refractivity contribution is 7.21. The molecule has 35 heavy (non-hydrogen) atoms. The highest BCUT2D eigenvalue weighted by Crippen LogP contribution is 2.40. The number of fused-ring (bicyclic) bond motifs is 2. The summed E-state index contributed by atoms with van der Waals surface area (Å²) in [6.45, 7) is 1.06. The topological polar surface area (TPSA) is 68.7 Å². The van der Waals surface area contributed by atoms with Crippen LogP contribution in [0, 0.1) is 5.82 Å². The average molecular weight is 491 g/mol. The van der Waals surface area contributed by atoms with E-state index in [0.717, 1.165) is 26.4 Å². The number of rotatable bonds is 6. The maximum absolute atomic E-state index is 13.1. The number of benzene rings is 3. The molecule has 8 heteroatoms. The number of carbonyl (C=O) groups excluding carboxylic acids is 2. The fraction of sp³-hybridized carbons (Fsp3) is 0.222. The summed E-state index contributed by atoms with van der Waals surface area (Å²) < 4.78 is 25.8. The van der Waals surface area contributed by atoms with Crippen molar-refractivity contribution < 1.29 is 23.5 Å². The smallest absolute Gasteiger partial charge is 0.223 e. The summed E-state index contributed by atoms with van der Waals surface area (Å²) in [6.07, 6.45) is 0.129. The fourth-order valence-electron chi connectivity index (χ4n) is 4.13. The fourth-order valence-corrected chi connectivity index (χ4v) is 5.08. The summed E-state index contributed by atoms with van der Waals surface area (Å²) in [7, 11) is 1.59. The summed E-state index contributed by atoms with van der Waals surface area (Å²) in [4.78, 5) is 31.9. The molecule has 0 saturated heterocycles. The monoisotopic (exact) mass is 490 g/mol. The number of amides is 1. The minimum absolute atomic E-state index is 0.0593. The van der Waals surface area contributed by atoms with Crippen LogP contribution in [0.25, 0.3) is 20.8 Å². The Balaban J connectivity index is 1.36. The van der Waals surface area contributed by atoms with E-state index < -0.39 is 5.82 Å². The largest absolute Gasteiger partial charge is 0.493 e. The second kappa shape index (κ2) is 9.84. The van der Waals surface area contributed by atoms with Gasteiger partial charge in [-0.2, -0.15) is 0 Å². The van der Waals surface area contributed by atoms with E-state index in [4.69, 9.17) is 14.5 Å². The van der Waals surface area contributed by atoms with Crippen molar-refractivity contribution in [2.45, 2.75) is 19.4 Å². The Kier molecular flexibility index (Phi) is 6.46. The average Bonchev–Trinajstić information content (AvgIpc) is 3.19. The second-order valence-electron chi connectivity index (χ2n) is 8.25. The number of thiazole rings is 1. The standard InChI is InChI=1S/C27H23FN2O4S/c1-33-23-15-18(27-29-21-4-2-3-5-24(21)35-27)14-19-16-30(12-13-34-26(19)23)25(32)11-10-22(31)17-6-8-20(28)9-7-17/h2-9,14-15H,10-13,16H2,1H3. The van der Waals surface area contributed by atoms with Crippen LogP contribution in [0.4, 0.5) is 4.39 Å². The lowest BCUT2D eigenvalue weighted by molar-refractivity contribution is -0.131. The van der Waals surface area contributed by atoms with Crippen molar-refractivity contribution in [2.75, 3.05) is 20.3 Å². The molecule has 0 unspecified atom stereocenters. The van der Waals surface area contributed by atoms with E-state index in [1.165, 1.54) is 24.3 Å². The van der Waals surface area contributed by atoms with Crippen molar-refractivity contribution in [1.82, 2.24) is 9.88 Å². The Bertz CT molecular complexity index is 1370. The van der Waals surface area contributed by atoms with Gasteiger partial charge in [0.15, 0.2) is 17.3 Å². The van der Waals surface area contributed by atoms with Gasteiger partial charge in [0.25, 0.3) is 0 Å². The van der Waals surface area contributed by atoms with Crippen molar-refractivity contribution in [3.8, 4) is 22.1 Å². The molecule has 1 aliphatic heterocycles. The number of ether oxygens (including phenoxy) is 2. The molecule has 0 aliphatic carbocycles. The predicted molar refractivity (Wildman–Crippen MR) is 132 cm³/mol. The van der Waals surface area contributed by atoms with Gasteiger partial charge in [0.1, 0.15) is 17.4 Å². The number of ketones is 1. The number of hydrogen-bond acceptors (Lipinski definition) is 6. The molecule has 0 fully saturated rings. The molecule has 1 aliphatic rings. The molecule has 178 valence electrons. The number of nitrogens with zero attached hydrogens (tertiary/aromatic N) is 2. The molecule has 3 aromatic carbocycles. The van der Waals surface area contributed by atoms with Gasteiger partial charge in [-0.1, -0.05) is 12.1 Å². The quantitative estimate of drug-likeness (QED) is 0.334. The zero-order chi connectivity index (χ0) is 24.4. The summed E-state index contributed by atoms with van der Waals surface area (Å²) in [5.41, 5.74) is 3.05. The molecule has 2 heterocycles. The van der Waals surface area contributed by atoms with Crippen LogP contribution in [0.3, 0.4) is 0 Å². The number of hydrogen-bond donors (Lipinski definition) is 0. The highest BCUT2D eigenvalue weighted by atomic mass is 32.1. The first-order valence-corrected chi connectivity index (χ1v) is 12.1. The number of carbonyl (C=O) groups is 2. The molecule has 5 rings (SSSR count). The molecule has 0 saturated carbocycles. The lowest BCUT2D eigenvalue weighted by Gasteiger charge is -2.20. The van der Waals surface area contributed by atoms with Crippen molar-refractivity contribution in [3.63, 3.8) is 0 Å². The van der Waals surface area contributed by atoms with E-state index in [-0.39, 0.29) is 24.5 Å². The zero-order valence-corrected chi connectivity index (χ0v) is 19.9. The minimum Gasteiger partial charge on any atom is -0.493 e. The van der Waals surface area contributed by atoms with Crippen molar-refractivity contribution >= 4 is 33.2 Å². The normalized spacial score (nSPS) is 13.1. The number of para-hydroxylation sites is 1. The molecule has 0 N–H and O–H groups in total. The van der Waals surface area contributed by atoms with E-state index in [1.807, 2.05) is 36.4 Å². The molecule has 4 aromatic rings. The van der Waals surface area contributed by atoms with Crippen LogP contribution < -0.4 is 9.47 Å². The van der Waals surface area contributed by atoms with E-state index in [9.17, 15) is 14.0 Å². The summed E-state index contributed by atoms with van der Waals surface area (Å²) in [5, 5.41) is 0.860. The molecular formula is C27H23FN2O4S. The predicted octanol–water partition coefficient (Wildman–Crippen LogP) is 5.50. The molecule has 1 amide bonds. The Labute approximate surface area is 205 Å². The summed E-state index contributed by atoms with van der Waals surface area (Å²) >= 11 is 1.59. The van der Waals surface area contributed by atoms with Crippen molar-refractivity contribution in [1.29, 1.82) is 0 Å². The molecular weight excluding hydrogens is 467 g/mol.